The van der Waals surface area contributed by atoms with Crippen LogP contribution in [0.2, 0.25) is 0 Å². The maximum absolute atomic E-state index is 4.28. The van der Waals surface area contributed by atoms with Crippen molar-refractivity contribution < 1.29 is 0 Å². The quantitative estimate of drug-likeness (QED) is 0.886. The minimum Gasteiger partial charge on any atom is -0.367 e. The summed E-state index contributed by atoms with van der Waals surface area (Å²) in [5.41, 5.74) is 2.41. The topological polar surface area (TPSA) is 37.8 Å². The van der Waals surface area contributed by atoms with Gasteiger partial charge in [0.05, 0.1) is 0 Å². The Morgan fingerprint density at radius 1 is 1.05 bits per heavy atom. The number of nitrogens with one attached hydrogen (secondary N) is 1. The molecule has 1 aromatic carbocycles. The highest BCUT2D eigenvalue weighted by Gasteiger charge is 2.07. The largest absolute Gasteiger partial charge is 0.367 e. The second-order valence-electron chi connectivity index (χ2n) is 5.22. The molecule has 0 saturated heterocycles. The number of benzene rings is 1. The van der Waals surface area contributed by atoms with Crippen LogP contribution >= 0.6 is 0 Å². The molecule has 0 fully saturated rings. The molecule has 0 bridgehead atoms. The average molecular weight is 255 g/mol. The Morgan fingerprint density at radius 3 is 2.47 bits per heavy atom. The van der Waals surface area contributed by atoms with Gasteiger partial charge in [0.2, 0.25) is 0 Å². The third-order valence-electron chi connectivity index (χ3n) is 3.06. The van der Waals surface area contributed by atoms with Crippen LogP contribution in [0.1, 0.15) is 37.9 Å². The van der Waals surface area contributed by atoms with Crippen molar-refractivity contribution in [2.45, 2.75) is 39.2 Å². The molecule has 3 heteroatoms. The van der Waals surface area contributed by atoms with Gasteiger partial charge in [0.15, 0.2) is 0 Å². The van der Waals surface area contributed by atoms with E-state index in [-0.39, 0.29) is 0 Å². The smallest absolute Gasteiger partial charge is 0.129 e. The monoisotopic (exact) mass is 255 g/mol. The van der Waals surface area contributed by atoms with Gasteiger partial charge in [-0.1, -0.05) is 44.2 Å². The lowest BCUT2D eigenvalue weighted by Gasteiger charge is -2.15. The second kappa shape index (κ2) is 6.32. The lowest BCUT2D eigenvalue weighted by molar-refractivity contribution is 0.774. The molecule has 1 unspecified atom stereocenters. The summed E-state index contributed by atoms with van der Waals surface area (Å²) in [5.74, 6) is 1.33. The molecule has 0 aliphatic rings. The molecule has 0 spiro atoms. The van der Waals surface area contributed by atoms with Gasteiger partial charge in [-0.2, -0.15) is 0 Å². The first-order chi connectivity index (χ1) is 9.15. The molecule has 0 radical (unpaired) electrons. The normalized spacial score (nSPS) is 12.4. The summed E-state index contributed by atoms with van der Waals surface area (Å²) in [6.07, 6.45) is 2.62. The van der Waals surface area contributed by atoms with E-state index in [0.717, 1.165) is 17.9 Å². The Kier molecular flexibility index (Phi) is 4.50. The summed E-state index contributed by atoms with van der Waals surface area (Å²) in [5, 5.41) is 3.43. The third kappa shape index (κ3) is 4.05. The molecule has 100 valence electrons. The number of aromatic nitrogens is 2. The van der Waals surface area contributed by atoms with Crippen LogP contribution in [0.3, 0.4) is 0 Å². The molecular weight excluding hydrogens is 234 g/mol. The Bertz CT molecular complexity index is 508. The number of hydrogen-bond donors (Lipinski definition) is 1. The van der Waals surface area contributed by atoms with Crippen molar-refractivity contribution in [3.05, 3.63) is 54.0 Å². The molecule has 0 aliphatic carbocycles. The van der Waals surface area contributed by atoms with Crippen LogP contribution < -0.4 is 5.32 Å². The Hall–Kier alpha value is -1.90. The van der Waals surface area contributed by atoms with Gasteiger partial charge in [0.25, 0.3) is 0 Å². The maximum atomic E-state index is 4.28. The van der Waals surface area contributed by atoms with Gasteiger partial charge in [0, 0.05) is 17.8 Å². The predicted octanol–water partition coefficient (Wildman–Crippen LogP) is 3.64. The number of rotatable bonds is 5. The summed E-state index contributed by atoms with van der Waals surface area (Å²) in [4.78, 5) is 8.56. The number of anilines is 1. The number of hydrogen-bond acceptors (Lipinski definition) is 3. The molecule has 0 amide bonds. The van der Waals surface area contributed by atoms with Gasteiger partial charge in [-0.3, -0.25) is 0 Å². The highest BCUT2D eigenvalue weighted by Crippen LogP contribution is 2.15. The van der Waals surface area contributed by atoms with Crippen LogP contribution in [-0.4, -0.2) is 16.0 Å². The molecule has 2 rings (SSSR count). The predicted molar refractivity (Wildman–Crippen MR) is 79.4 cm³/mol. The first-order valence-electron chi connectivity index (χ1n) is 6.77. The van der Waals surface area contributed by atoms with Gasteiger partial charge >= 0.3 is 0 Å². The van der Waals surface area contributed by atoms with Gasteiger partial charge in [0.1, 0.15) is 12.1 Å². The minimum absolute atomic E-state index is 0.345. The lowest BCUT2D eigenvalue weighted by atomic mass is 10.1. The van der Waals surface area contributed by atoms with E-state index in [1.807, 2.05) is 12.1 Å². The first kappa shape index (κ1) is 13.5. The molecular formula is C16H21N3. The second-order valence-corrected chi connectivity index (χ2v) is 5.22. The molecule has 1 aromatic heterocycles. The van der Waals surface area contributed by atoms with Crippen LogP contribution in [0.5, 0.6) is 0 Å². The fraction of sp³-hybridized carbons (Fsp3) is 0.375. The number of nitrogens with zero attached hydrogens (tertiary/aromatic N) is 2. The average Bonchev–Trinajstić information content (AvgIpc) is 2.40. The molecule has 0 aliphatic heterocycles. The van der Waals surface area contributed by atoms with E-state index in [0.29, 0.717) is 12.0 Å². The van der Waals surface area contributed by atoms with E-state index in [1.54, 1.807) is 6.33 Å². The van der Waals surface area contributed by atoms with Crippen LogP contribution in [0.4, 0.5) is 5.82 Å². The van der Waals surface area contributed by atoms with Gasteiger partial charge < -0.3 is 5.32 Å². The summed E-state index contributed by atoms with van der Waals surface area (Å²) in [6, 6.07) is 12.9. The fourth-order valence-electron chi connectivity index (χ4n) is 2.04. The molecule has 1 N–H and O–H groups in total. The first-order valence-corrected chi connectivity index (χ1v) is 6.77. The standard InChI is InChI=1S/C16H21N3/c1-12(2)15-10-16(18-11-17-15)19-13(3)9-14-7-5-4-6-8-14/h4-8,10-13H,9H2,1-3H3,(H,17,18,19). The molecule has 2 aromatic rings. The molecule has 1 heterocycles. The van der Waals surface area contributed by atoms with E-state index in [4.69, 9.17) is 0 Å². The zero-order chi connectivity index (χ0) is 13.7. The molecule has 1 atom stereocenters. The maximum Gasteiger partial charge on any atom is 0.129 e. The van der Waals surface area contributed by atoms with Crippen molar-refractivity contribution >= 4 is 5.82 Å². The summed E-state index contributed by atoms with van der Waals surface area (Å²) in [6.45, 7) is 6.45. The summed E-state index contributed by atoms with van der Waals surface area (Å²) in [7, 11) is 0. The van der Waals surface area contributed by atoms with Crippen molar-refractivity contribution in [3.8, 4) is 0 Å². The highest BCUT2D eigenvalue weighted by atomic mass is 15.0. The van der Waals surface area contributed by atoms with E-state index >= 15 is 0 Å². The zero-order valence-corrected chi connectivity index (χ0v) is 11.8. The SMILES string of the molecule is CC(Cc1ccccc1)Nc1cc(C(C)C)ncn1. The molecule has 0 saturated carbocycles. The van der Waals surface area contributed by atoms with Gasteiger partial charge in [-0.15, -0.1) is 0 Å². The van der Waals surface area contributed by atoms with Crippen LogP contribution in [0.15, 0.2) is 42.7 Å². The lowest BCUT2D eigenvalue weighted by Crippen LogP contribution is -2.19. The van der Waals surface area contributed by atoms with Crippen LogP contribution in [-0.2, 0) is 6.42 Å². The third-order valence-corrected chi connectivity index (χ3v) is 3.06. The van der Waals surface area contributed by atoms with Crippen molar-refractivity contribution in [2.75, 3.05) is 5.32 Å². The minimum atomic E-state index is 0.345. The van der Waals surface area contributed by atoms with Crippen molar-refractivity contribution in [1.82, 2.24) is 9.97 Å². The zero-order valence-electron chi connectivity index (χ0n) is 11.8. The molecule has 3 nitrogen and oxygen atoms in total. The molecule has 19 heavy (non-hydrogen) atoms. The highest BCUT2D eigenvalue weighted by molar-refractivity contribution is 5.37. The van der Waals surface area contributed by atoms with Crippen LogP contribution in [0, 0.1) is 0 Å². The fourth-order valence-corrected chi connectivity index (χ4v) is 2.04. The Labute approximate surface area is 115 Å². The van der Waals surface area contributed by atoms with Crippen LogP contribution in [0.25, 0.3) is 0 Å². The van der Waals surface area contributed by atoms with E-state index in [2.05, 4.69) is 60.3 Å². The van der Waals surface area contributed by atoms with E-state index in [9.17, 15) is 0 Å². The van der Waals surface area contributed by atoms with E-state index < -0.39 is 0 Å². The van der Waals surface area contributed by atoms with E-state index in [1.165, 1.54) is 5.56 Å². The summed E-state index contributed by atoms with van der Waals surface area (Å²) < 4.78 is 0. The Balaban J connectivity index is 1.99. The van der Waals surface area contributed by atoms with Gasteiger partial charge in [-0.05, 0) is 24.8 Å². The Morgan fingerprint density at radius 2 is 1.79 bits per heavy atom. The van der Waals surface area contributed by atoms with Crippen molar-refractivity contribution in [1.29, 1.82) is 0 Å². The summed E-state index contributed by atoms with van der Waals surface area (Å²) >= 11 is 0. The van der Waals surface area contributed by atoms with Crippen molar-refractivity contribution in [3.63, 3.8) is 0 Å². The van der Waals surface area contributed by atoms with Crippen molar-refractivity contribution in [2.24, 2.45) is 0 Å². The van der Waals surface area contributed by atoms with Gasteiger partial charge in [-0.25, -0.2) is 9.97 Å².